The van der Waals surface area contributed by atoms with Gasteiger partial charge in [0, 0.05) is 0 Å². The van der Waals surface area contributed by atoms with Gasteiger partial charge in [0.1, 0.15) is 16.8 Å². The Morgan fingerprint density at radius 1 is 0.880 bits per heavy atom. The molecule has 0 aromatic heterocycles. The maximum absolute atomic E-state index is 13.2. The fourth-order valence-corrected chi connectivity index (χ4v) is 1.72. The number of hydrogen-bond acceptors (Lipinski definition) is 5. The molecule has 0 bridgehead atoms. The van der Waals surface area contributed by atoms with Gasteiger partial charge in [0.05, 0.1) is 5.56 Å². The molecule has 0 fully saturated rings. The number of rotatable bonds is 2. The maximum atomic E-state index is 13.2. The van der Waals surface area contributed by atoms with Gasteiger partial charge in [-0.3, -0.25) is 0 Å². The summed E-state index contributed by atoms with van der Waals surface area (Å²) in [5.41, 5.74) is -3.71. The molecule has 0 unspecified atom stereocenters. The van der Waals surface area contributed by atoms with Crippen LogP contribution < -0.4 is 4.74 Å². The Morgan fingerprint density at radius 3 is 1.84 bits per heavy atom. The first-order chi connectivity index (χ1) is 11.1. The Kier molecular flexibility index (Phi) is 5.77. The summed E-state index contributed by atoms with van der Waals surface area (Å²) in [5, 5.41) is 0. The van der Waals surface area contributed by atoms with Crippen molar-refractivity contribution in [2.45, 2.75) is 58.9 Å². The highest BCUT2D eigenvalue weighted by molar-refractivity contribution is 5.94. The van der Waals surface area contributed by atoms with Crippen LogP contribution in [0.5, 0.6) is 5.75 Å². The molecule has 0 N–H and O–H groups in total. The van der Waals surface area contributed by atoms with Crippen LogP contribution >= 0.6 is 0 Å². The van der Waals surface area contributed by atoms with Crippen LogP contribution in [0.4, 0.5) is 18.0 Å². The normalized spacial score (nSPS) is 12.5. The van der Waals surface area contributed by atoms with Crippen LogP contribution in [0.25, 0.3) is 0 Å². The van der Waals surface area contributed by atoms with E-state index in [1.807, 2.05) is 0 Å². The van der Waals surface area contributed by atoms with E-state index in [1.165, 1.54) is 20.8 Å². The third-order valence-corrected chi connectivity index (χ3v) is 2.51. The molecule has 0 spiro atoms. The lowest BCUT2D eigenvalue weighted by molar-refractivity contribution is -0.138. The van der Waals surface area contributed by atoms with Crippen LogP contribution in [0.1, 0.15) is 57.5 Å². The highest BCUT2D eigenvalue weighted by atomic mass is 19.4. The first-order valence-electron chi connectivity index (χ1n) is 7.44. The number of carbonyl (C=O) groups is 2. The van der Waals surface area contributed by atoms with Gasteiger partial charge >= 0.3 is 18.3 Å². The van der Waals surface area contributed by atoms with Crippen molar-refractivity contribution in [3.05, 3.63) is 29.3 Å². The van der Waals surface area contributed by atoms with E-state index in [1.54, 1.807) is 20.8 Å². The molecule has 0 aliphatic heterocycles. The largest absolute Gasteiger partial charge is 0.514 e. The molecular weight excluding hydrogens is 341 g/mol. The molecule has 1 aromatic carbocycles. The average Bonchev–Trinajstić information content (AvgIpc) is 2.32. The summed E-state index contributed by atoms with van der Waals surface area (Å²) < 4.78 is 54.4. The molecule has 0 saturated heterocycles. The molecule has 0 atom stereocenters. The molecule has 25 heavy (non-hydrogen) atoms. The third kappa shape index (κ3) is 6.64. The minimum Gasteiger partial charge on any atom is -0.456 e. The zero-order valence-corrected chi connectivity index (χ0v) is 14.9. The van der Waals surface area contributed by atoms with E-state index >= 15 is 0 Å². The number of hydrogen-bond donors (Lipinski definition) is 0. The topological polar surface area (TPSA) is 61.8 Å². The number of halogens is 3. The fourth-order valence-electron chi connectivity index (χ4n) is 1.72. The van der Waals surface area contributed by atoms with Gasteiger partial charge in [-0.2, -0.15) is 13.2 Å². The second-order valence-corrected chi connectivity index (χ2v) is 7.25. The van der Waals surface area contributed by atoms with Crippen molar-refractivity contribution in [3.63, 3.8) is 0 Å². The summed E-state index contributed by atoms with van der Waals surface area (Å²) >= 11 is 0. The molecule has 5 nitrogen and oxygen atoms in total. The summed E-state index contributed by atoms with van der Waals surface area (Å²) in [5.74, 6) is -1.99. The predicted octanol–water partition coefficient (Wildman–Crippen LogP) is 4.97. The first kappa shape index (κ1) is 20.8. The van der Waals surface area contributed by atoms with Gasteiger partial charge in [-0.1, -0.05) is 6.07 Å². The standard InChI is InChI=1S/C17H21F3O5/c1-15(2,3)24-13(21)10-8-7-9-11(17(18,19)20)12(10)23-14(22)25-16(4,5)6/h7-9H,1-6H3. The Bertz CT molecular complexity index is 652. The van der Waals surface area contributed by atoms with E-state index in [2.05, 4.69) is 0 Å². The number of para-hydroxylation sites is 1. The lowest BCUT2D eigenvalue weighted by atomic mass is 10.1. The van der Waals surface area contributed by atoms with Gasteiger partial charge in [-0.25, -0.2) is 9.59 Å². The smallest absolute Gasteiger partial charge is 0.456 e. The molecule has 140 valence electrons. The summed E-state index contributed by atoms with van der Waals surface area (Å²) in [6.07, 6.45) is -6.19. The van der Waals surface area contributed by atoms with E-state index in [0.717, 1.165) is 12.1 Å². The van der Waals surface area contributed by atoms with Crippen molar-refractivity contribution in [2.24, 2.45) is 0 Å². The van der Waals surface area contributed by atoms with Crippen molar-refractivity contribution in [1.29, 1.82) is 0 Å². The van der Waals surface area contributed by atoms with Crippen molar-refractivity contribution in [2.75, 3.05) is 0 Å². The number of esters is 1. The van der Waals surface area contributed by atoms with E-state index in [-0.39, 0.29) is 0 Å². The molecule has 1 rings (SSSR count). The zero-order valence-electron chi connectivity index (χ0n) is 14.9. The van der Waals surface area contributed by atoms with Crippen molar-refractivity contribution in [1.82, 2.24) is 0 Å². The quantitative estimate of drug-likeness (QED) is 0.549. The minimum absolute atomic E-state index is 0.518. The number of alkyl halides is 3. The number of ether oxygens (including phenoxy) is 3. The van der Waals surface area contributed by atoms with E-state index in [9.17, 15) is 22.8 Å². The molecule has 0 amide bonds. The van der Waals surface area contributed by atoms with E-state index < -0.39 is 46.4 Å². The highest BCUT2D eigenvalue weighted by Gasteiger charge is 2.38. The van der Waals surface area contributed by atoms with Crippen LogP contribution in [0.3, 0.4) is 0 Å². The zero-order chi connectivity index (χ0) is 19.6. The molecule has 0 heterocycles. The van der Waals surface area contributed by atoms with Crippen LogP contribution in [0, 0.1) is 0 Å². The lowest BCUT2D eigenvalue weighted by Gasteiger charge is -2.23. The minimum atomic E-state index is -4.84. The van der Waals surface area contributed by atoms with Crippen LogP contribution in [-0.4, -0.2) is 23.3 Å². The maximum Gasteiger partial charge on any atom is 0.514 e. The predicted molar refractivity (Wildman–Crippen MR) is 83.5 cm³/mol. The fraction of sp³-hybridized carbons (Fsp3) is 0.529. The third-order valence-electron chi connectivity index (χ3n) is 2.51. The Morgan fingerprint density at radius 2 is 1.40 bits per heavy atom. The van der Waals surface area contributed by atoms with Gasteiger partial charge in [-0.05, 0) is 53.7 Å². The molecule has 0 aliphatic rings. The second-order valence-electron chi connectivity index (χ2n) is 7.25. The first-order valence-corrected chi connectivity index (χ1v) is 7.44. The van der Waals surface area contributed by atoms with Gasteiger partial charge in [0.25, 0.3) is 0 Å². The summed E-state index contributed by atoms with van der Waals surface area (Å²) in [4.78, 5) is 24.0. The SMILES string of the molecule is CC(C)(C)OC(=O)Oc1c(C(=O)OC(C)(C)C)cccc1C(F)(F)F. The van der Waals surface area contributed by atoms with E-state index in [4.69, 9.17) is 14.2 Å². The van der Waals surface area contributed by atoms with Crippen molar-refractivity contribution < 1.29 is 37.0 Å². The lowest BCUT2D eigenvalue weighted by Crippen LogP contribution is -2.28. The monoisotopic (exact) mass is 362 g/mol. The molecule has 0 aliphatic carbocycles. The molecule has 1 aromatic rings. The molecule has 0 radical (unpaired) electrons. The summed E-state index contributed by atoms with van der Waals surface area (Å²) in [6, 6.07) is 2.82. The van der Waals surface area contributed by atoms with E-state index in [0.29, 0.717) is 6.07 Å². The highest BCUT2D eigenvalue weighted by Crippen LogP contribution is 2.39. The van der Waals surface area contributed by atoms with Crippen LogP contribution in [0.15, 0.2) is 18.2 Å². The van der Waals surface area contributed by atoms with Crippen molar-refractivity contribution >= 4 is 12.1 Å². The molecule has 0 saturated carbocycles. The summed E-state index contributed by atoms with van der Waals surface area (Å²) in [7, 11) is 0. The summed E-state index contributed by atoms with van der Waals surface area (Å²) in [6.45, 7) is 9.27. The van der Waals surface area contributed by atoms with Gasteiger partial charge in [0.15, 0.2) is 5.75 Å². The van der Waals surface area contributed by atoms with Gasteiger partial charge in [-0.15, -0.1) is 0 Å². The average molecular weight is 362 g/mol. The van der Waals surface area contributed by atoms with Gasteiger partial charge in [0.2, 0.25) is 0 Å². The van der Waals surface area contributed by atoms with Gasteiger partial charge < -0.3 is 14.2 Å². The second kappa shape index (κ2) is 6.93. The number of benzene rings is 1. The Hall–Kier alpha value is -2.25. The Balaban J connectivity index is 3.34. The molecule has 8 heteroatoms. The molecular formula is C17H21F3O5. The van der Waals surface area contributed by atoms with Crippen LogP contribution in [0.2, 0.25) is 0 Å². The number of carbonyl (C=O) groups excluding carboxylic acids is 2. The van der Waals surface area contributed by atoms with Crippen LogP contribution in [-0.2, 0) is 15.7 Å². The van der Waals surface area contributed by atoms with Crippen molar-refractivity contribution in [3.8, 4) is 5.75 Å². The Labute approximate surface area is 144 Å².